The monoisotopic (exact) mass is 548 g/mol. The molecular weight excluding hydrogens is 510 g/mol. The highest BCUT2D eigenvalue weighted by Gasteiger charge is 2.43. The third-order valence-electron chi connectivity index (χ3n) is 6.48. The summed E-state index contributed by atoms with van der Waals surface area (Å²) >= 11 is 0. The van der Waals surface area contributed by atoms with Crippen LogP contribution in [0.3, 0.4) is 0 Å². The normalized spacial score (nSPS) is 13.8. The maximum Gasteiger partial charge on any atom is 0.416 e. The average Bonchev–Trinajstić information content (AvgIpc) is 2.86. The second kappa shape index (κ2) is 13.8. The minimum absolute atomic E-state index is 0.128. The van der Waals surface area contributed by atoms with E-state index in [1.807, 2.05) is 13.8 Å². The zero-order chi connectivity index (χ0) is 28.6. The molecule has 0 aliphatic carbocycles. The lowest BCUT2D eigenvalue weighted by Crippen LogP contribution is -2.45. The summed E-state index contributed by atoms with van der Waals surface area (Å²) in [5.41, 5.74) is -1.90. The van der Waals surface area contributed by atoms with E-state index in [1.54, 1.807) is 12.1 Å². The number of hydrogen-bond donors (Lipinski definition) is 0. The molecule has 0 amide bonds. The molecular formula is C29H38F6O3. The standard InChI is InChI=1S/C29H38F6O3/c1-6-7-8-9-10-11-12-26(29(36-4,37-5)38-20(2)3)22-15-13-21(14-16-22)23-17-24(27(30,31)32)19-25(18-23)28(33,34)35/h13-20,26H,6-12H2,1-5H3. The van der Waals surface area contributed by atoms with Gasteiger partial charge in [-0.25, -0.2) is 0 Å². The average molecular weight is 549 g/mol. The van der Waals surface area contributed by atoms with Gasteiger partial charge in [0.1, 0.15) is 0 Å². The molecule has 1 unspecified atom stereocenters. The van der Waals surface area contributed by atoms with Gasteiger partial charge in [0, 0.05) is 14.2 Å². The topological polar surface area (TPSA) is 27.7 Å². The molecule has 0 bridgehead atoms. The molecule has 0 saturated carbocycles. The summed E-state index contributed by atoms with van der Waals surface area (Å²) in [6.45, 7) is 5.85. The summed E-state index contributed by atoms with van der Waals surface area (Å²) in [4.78, 5) is 0. The quantitative estimate of drug-likeness (QED) is 0.134. The Morgan fingerprint density at radius 3 is 1.63 bits per heavy atom. The van der Waals surface area contributed by atoms with Crippen LogP contribution in [0.2, 0.25) is 0 Å². The highest BCUT2D eigenvalue weighted by Crippen LogP contribution is 2.41. The predicted octanol–water partition coefficient (Wildman–Crippen LogP) is 9.60. The van der Waals surface area contributed by atoms with E-state index >= 15 is 0 Å². The van der Waals surface area contributed by atoms with Crippen molar-refractivity contribution < 1.29 is 40.6 Å². The fourth-order valence-electron chi connectivity index (χ4n) is 4.58. The van der Waals surface area contributed by atoms with Gasteiger partial charge in [-0.1, -0.05) is 69.7 Å². The first-order valence-electron chi connectivity index (χ1n) is 12.9. The van der Waals surface area contributed by atoms with E-state index in [0.29, 0.717) is 6.42 Å². The summed E-state index contributed by atoms with van der Waals surface area (Å²) in [6, 6.07) is 7.99. The molecule has 1 atom stereocenters. The first-order valence-corrected chi connectivity index (χ1v) is 12.9. The fourth-order valence-corrected chi connectivity index (χ4v) is 4.58. The van der Waals surface area contributed by atoms with E-state index in [1.165, 1.54) is 32.8 Å². The smallest absolute Gasteiger partial charge is 0.330 e. The Balaban J connectivity index is 2.45. The summed E-state index contributed by atoms with van der Waals surface area (Å²) in [6.07, 6.45) is -2.97. The number of alkyl halides is 6. The lowest BCUT2D eigenvalue weighted by atomic mass is 9.88. The number of ether oxygens (including phenoxy) is 3. The van der Waals surface area contributed by atoms with E-state index in [4.69, 9.17) is 14.2 Å². The Bertz CT molecular complexity index is 947. The van der Waals surface area contributed by atoms with Gasteiger partial charge < -0.3 is 14.2 Å². The SMILES string of the molecule is CCCCCCCCC(c1ccc(-c2cc(C(F)(F)F)cc(C(F)(F)F)c2)cc1)C(OC)(OC)OC(C)C. The van der Waals surface area contributed by atoms with Crippen LogP contribution in [0.25, 0.3) is 11.1 Å². The van der Waals surface area contributed by atoms with Crippen molar-refractivity contribution in [3.8, 4) is 11.1 Å². The van der Waals surface area contributed by atoms with Crippen molar-refractivity contribution in [2.75, 3.05) is 14.2 Å². The van der Waals surface area contributed by atoms with Crippen LogP contribution in [0.4, 0.5) is 26.3 Å². The zero-order valence-electron chi connectivity index (χ0n) is 22.6. The van der Waals surface area contributed by atoms with Crippen molar-refractivity contribution in [1.29, 1.82) is 0 Å². The Hall–Kier alpha value is -2.10. The number of hydrogen-bond acceptors (Lipinski definition) is 3. The summed E-state index contributed by atoms with van der Waals surface area (Å²) in [7, 11) is 2.96. The van der Waals surface area contributed by atoms with Gasteiger partial charge in [-0.2, -0.15) is 26.3 Å². The van der Waals surface area contributed by atoms with Crippen molar-refractivity contribution in [3.63, 3.8) is 0 Å². The number of methoxy groups -OCH3 is 2. The molecule has 3 nitrogen and oxygen atoms in total. The maximum absolute atomic E-state index is 13.3. The van der Waals surface area contributed by atoms with Crippen LogP contribution >= 0.6 is 0 Å². The number of rotatable bonds is 14. The zero-order valence-corrected chi connectivity index (χ0v) is 22.6. The first-order chi connectivity index (χ1) is 17.8. The van der Waals surface area contributed by atoms with E-state index in [9.17, 15) is 26.3 Å². The first kappa shape index (κ1) is 32.1. The van der Waals surface area contributed by atoms with Crippen LogP contribution < -0.4 is 0 Å². The van der Waals surface area contributed by atoms with Gasteiger partial charge in [0.2, 0.25) is 0 Å². The van der Waals surface area contributed by atoms with Crippen molar-refractivity contribution in [1.82, 2.24) is 0 Å². The minimum Gasteiger partial charge on any atom is -0.330 e. The van der Waals surface area contributed by atoms with Gasteiger partial charge in [-0.3, -0.25) is 0 Å². The van der Waals surface area contributed by atoms with Crippen LogP contribution in [-0.2, 0) is 26.6 Å². The second-order valence-corrected chi connectivity index (χ2v) is 9.70. The molecule has 214 valence electrons. The third kappa shape index (κ3) is 8.71. The molecule has 2 rings (SSSR count). The predicted molar refractivity (Wildman–Crippen MR) is 136 cm³/mol. The lowest BCUT2D eigenvalue weighted by Gasteiger charge is -2.39. The molecule has 0 heterocycles. The molecule has 2 aromatic rings. The van der Waals surface area contributed by atoms with Gasteiger partial charge in [-0.05, 0) is 55.2 Å². The van der Waals surface area contributed by atoms with Crippen LogP contribution in [-0.4, -0.2) is 26.3 Å². The van der Waals surface area contributed by atoms with Crippen LogP contribution in [0.1, 0.15) is 88.3 Å². The van der Waals surface area contributed by atoms with Gasteiger partial charge in [0.05, 0.1) is 23.1 Å². The number of benzene rings is 2. The summed E-state index contributed by atoms with van der Waals surface area (Å²) in [5.74, 6) is -1.79. The van der Waals surface area contributed by atoms with Crippen molar-refractivity contribution >= 4 is 0 Å². The molecule has 0 aliphatic rings. The molecule has 0 radical (unpaired) electrons. The fraction of sp³-hybridized carbons (Fsp3) is 0.586. The summed E-state index contributed by atoms with van der Waals surface area (Å²) in [5, 5.41) is 0. The Morgan fingerprint density at radius 2 is 1.18 bits per heavy atom. The molecule has 38 heavy (non-hydrogen) atoms. The van der Waals surface area contributed by atoms with E-state index in [0.717, 1.165) is 49.8 Å². The van der Waals surface area contributed by atoms with Crippen LogP contribution in [0, 0.1) is 0 Å². The molecule has 2 aromatic carbocycles. The van der Waals surface area contributed by atoms with Crippen LogP contribution in [0.15, 0.2) is 42.5 Å². The van der Waals surface area contributed by atoms with Crippen molar-refractivity contribution in [2.24, 2.45) is 0 Å². The summed E-state index contributed by atoms with van der Waals surface area (Å²) < 4.78 is 97.6. The Morgan fingerprint density at radius 1 is 0.684 bits per heavy atom. The van der Waals surface area contributed by atoms with Crippen molar-refractivity contribution in [2.45, 2.75) is 96.1 Å². The van der Waals surface area contributed by atoms with Crippen molar-refractivity contribution in [3.05, 3.63) is 59.2 Å². The Labute approximate surface area is 221 Å². The molecule has 0 saturated heterocycles. The van der Waals surface area contributed by atoms with Gasteiger partial charge in [-0.15, -0.1) is 0 Å². The van der Waals surface area contributed by atoms with Gasteiger partial charge >= 0.3 is 12.4 Å². The molecule has 0 N–H and O–H groups in total. The number of unbranched alkanes of at least 4 members (excludes halogenated alkanes) is 5. The molecule has 9 heteroatoms. The highest BCUT2D eigenvalue weighted by atomic mass is 19.4. The number of halogens is 6. The maximum atomic E-state index is 13.3. The van der Waals surface area contributed by atoms with Gasteiger partial charge in [0.25, 0.3) is 5.97 Å². The van der Waals surface area contributed by atoms with Crippen LogP contribution in [0.5, 0.6) is 0 Å². The molecule has 0 spiro atoms. The lowest BCUT2D eigenvalue weighted by molar-refractivity contribution is -0.385. The van der Waals surface area contributed by atoms with E-state index in [-0.39, 0.29) is 29.2 Å². The highest BCUT2D eigenvalue weighted by molar-refractivity contribution is 5.66. The molecule has 0 aliphatic heterocycles. The Kier molecular flexibility index (Phi) is 11.7. The third-order valence-corrected chi connectivity index (χ3v) is 6.48. The largest absolute Gasteiger partial charge is 0.416 e. The minimum atomic E-state index is -4.91. The van der Waals surface area contributed by atoms with E-state index in [2.05, 4.69) is 6.92 Å². The van der Waals surface area contributed by atoms with E-state index < -0.39 is 29.5 Å². The van der Waals surface area contributed by atoms with Gasteiger partial charge in [0.15, 0.2) is 0 Å². The molecule has 0 aromatic heterocycles. The second-order valence-electron chi connectivity index (χ2n) is 9.70. The molecule has 0 fully saturated rings.